The number of nitrogens with zero attached hydrogens (tertiary/aromatic N) is 10. The average molecular weight is 1410 g/mol. The smallest absolute Gasteiger partial charge is 0.410 e. The fraction of sp³-hybridized carbons (Fsp3) is 0.742. The Morgan fingerprint density at radius 3 is 1.01 bits per heavy atom. The summed E-state index contributed by atoms with van der Waals surface area (Å²) < 4.78 is 78.5. The first-order valence-corrected chi connectivity index (χ1v) is 32.0. The molecule has 2 N–H and O–H groups in total. The number of amides is 6. The van der Waals surface area contributed by atoms with Crippen molar-refractivity contribution in [1.29, 1.82) is 0 Å². The minimum atomic E-state index is -1.94. The first-order valence-electron chi connectivity index (χ1n) is 32.0. The first kappa shape index (κ1) is 82.4. The number of hydrogen-bond donors (Lipinski definition) is 2. The van der Waals surface area contributed by atoms with Crippen LogP contribution in [0.15, 0.2) is 12.4 Å². The molecular formula is C62H98N12O25. The minimum absolute atomic E-state index is 0.0276. The van der Waals surface area contributed by atoms with E-state index in [1.807, 2.05) is 0 Å². The topological polar surface area (TPSA) is 423 Å². The molecule has 2 aromatic rings. The van der Waals surface area contributed by atoms with Crippen LogP contribution < -0.4 is 10.6 Å². The second-order valence-electron chi connectivity index (χ2n) is 27.2. The molecule has 0 saturated carbocycles. The van der Waals surface area contributed by atoms with Gasteiger partial charge in [-0.05, 0) is 90.0 Å². The Kier molecular flexibility index (Phi) is 30.1. The quantitative estimate of drug-likeness (QED) is 0.0913. The molecule has 556 valence electrons. The van der Waals surface area contributed by atoms with Crippen LogP contribution in [0.2, 0.25) is 0 Å². The van der Waals surface area contributed by atoms with Crippen molar-refractivity contribution in [1.82, 2.24) is 60.2 Å². The van der Waals surface area contributed by atoms with Gasteiger partial charge in [-0.1, -0.05) is 10.4 Å². The molecule has 2 saturated heterocycles. The molecule has 2 aliphatic heterocycles. The summed E-state index contributed by atoms with van der Waals surface area (Å²) >= 11 is 0. The van der Waals surface area contributed by atoms with Crippen molar-refractivity contribution in [2.75, 3.05) is 65.4 Å². The number of carbonyl (C=O) groups excluding carboxylic acids is 12. The maximum Gasteiger partial charge on any atom is 0.410 e. The summed E-state index contributed by atoms with van der Waals surface area (Å²) in [6.45, 7) is 27.0. The third kappa shape index (κ3) is 29.2. The van der Waals surface area contributed by atoms with E-state index in [9.17, 15) is 57.5 Å². The van der Waals surface area contributed by atoms with E-state index in [2.05, 4.69) is 31.3 Å². The number of aromatic nitrogens is 6. The van der Waals surface area contributed by atoms with Crippen LogP contribution in [-0.2, 0) is 108 Å². The van der Waals surface area contributed by atoms with E-state index in [0.29, 0.717) is 5.69 Å². The summed E-state index contributed by atoms with van der Waals surface area (Å²) in [5.74, 6) is -6.77. The zero-order valence-corrected chi connectivity index (χ0v) is 60.1. The van der Waals surface area contributed by atoms with Crippen molar-refractivity contribution in [3.05, 3.63) is 23.8 Å². The van der Waals surface area contributed by atoms with Gasteiger partial charge in [-0.15, -0.1) is 10.2 Å². The van der Waals surface area contributed by atoms with Crippen LogP contribution in [0.25, 0.3) is 0 Å². The highest BCUT2D eigenvalue weighted by Gasteiger charge is 2.58. The van der Waals surface area contributed by atoms with Crippen LogP contribution in [0, 0.1) is 6.92 Å². The predicted molar refractivity (Wildman–Crippen MR) is 339 cm³/mol. The summed E-state index contributed by atoms with van der Waals surface area (Å²) in [7, 11) is 0. The van der Waals surface area contributed by atoms with Crippen molar-refractivity contribution in [2.45, 2.75) is 235 Å². The van der Waals surface area contributed by atoms with Crippen LogP contribution in [0.5, 0.6) is 0 Å². The third-order valence-electron chi connectivity index (χ3n) is 13.4. The molecule has 99 heavy (non-hydrogen) atoms. The monoisotopic (exact) mass is 1410 g/mol. The van der Waals surface area contributed by atoms with Gasteiger partial charge in [0, 0.05) is 120 Å². The SMILES string of the molecule is CC(=O)NCCN(CCN(CCN(CCN(CCNC(=O)c1cn(CC2O[C@@H](O[C@@H]3OC(Cn4cc(C)nn4)[C@H](OC(C)=O)[C@H](OC(C)=O)C3OC(C)=O)C(OC(C)=O)C(OC(C)=O)[C@H]2OC(C)=O)nn1)C(=O)OC(C)(C)C)C(=O)OC(C)(C)C)C(=O)OC(C)(C)C)C(=O)OC(C)(C)C. The van der Waals surface area contributed by atoms with Crippen LogP contribution in [-0.4, -0.2) is 271 Å². The summed E-state index contributed by atoms with van der Waals surface area (Å²) in [4.78, 5) is 163. The van der Waals surface area contributed by atoms with E-state index in [-0.39, 0.29) is 83.6 Å². The van der Waals surface area contributed by atoms with Crippen molar-refractivity contribution < 1.29 is 119 Å². The van der Waals surface area contributed by atoms with E-state index >= 15 is 0 Å². The van der Waals surface area contributed by atoms with E-state index in [0.717, 1.165) is 46.2 Å². The van der Waals surface area contributed by atoms with E-state index in [4.69, 9.17) is 61.6 Å². The molecule has 4 rings (SSSR count). The van der Waals surface area contributed by atoms with E-state index < -0.39 is 156 Å². The Hall–Kier alpha value is -9.00. The lowest BCUT2D eigenvalue weighted by Crippen LogP contribution is -2.66. The van der Waals surface area contributed by atoms with Gasteiger partial charge in [0.25, 0.3) is 5.91 Å². The highest BCUT2D eigenvalue weighted by atomic mass is 16.8. The maximum atomic E-state index is 14.0. The molecule has 37 nitrogen and oxygen atoms in total. The number of esters is 6. The minimum Gasteiger partial charge on any atom is -0.456 e. The number of rotatable bonds is 28. The lowest BCUT2D eigenvalue weighted by molar-refractivity contribution is -0.376. The molecule has 2 aliphatic rings. The maximum absolute atomic E-state index is 14.0. The van der Waals surface area contributed by atoms with Gasteiger partial charge in [-0.3, -0.25) is 38.4 Å². The number of nitrogens with one attached hydrogen (secondary N) is 2. The predicted octanol–water partition coefficient (Wildman–Crippen LogP) is 2.75. The number of aryl methyl sites for hydroxylation is 1. The molecule has 0 aliphatic carbocycles. The van der Waals surface area contributed by atoms with Crippen LogP contribution in [0.1, 0.15) is 148 Å². The zero-order chi connectivity index (χ0) is 74.7. The van der Waals surface area contributed by atoms with Crippen LogP contribution >= 0.6 is 0 Å². The molecule has 2 fully saturated rings. The van der Waals surface area contributed by atoms with Crippen LogP contribution in [0.4, 0.5) is 19.2 Å². The second-order valence-corrected chi connectivity index (χ2v) is 27.2. The number of carbonyl (C=O) groups is 12. The van der Waals surface area contributed by atoms with Gasteiger partial charge in [0.2, 0.25) is 18.5 Å². The van der Waals surface area contributed by atoms with Crippen molar-refractivity contribution in [3.63, 3.8) is 0 Å². The molecule has 4 heterocycles. The Morgan fingerprint density at radius 1 is 0.414 bits per heavy atom. The fourth-order valence-electron chi connectivity index (χ4n) is 9.67. The lowest BCUT2D eigenvalue weighted by atomic mass is 9.96. The highest BCUT2D eigenvalue weighted by molar-refractivity contribution is 5.91. The van der Waals surface area contributed by atoms with Gasteiger partial charge >= 0.3 is 60.2 Å². The molecule has 2 aromatic heterocycles. The zero-order valence-electron chi connectivity index (χ0n) is 60.1. The Bertz CT molecular complexity index is 3130. The van der Waals surface area contributed by atoms with Crippen molar-refractivity contribution >= 4 is 72.0 Å². The van der Waals surface area contributed by atoms with Gasteiger partial charge in [0.05, 0.1) is 25.0 Å². The molecule has 0 spiro atoms. The summed E-state index contributed by atoms with van der Waals surface area (Å²) in [5, 5.41) is 21.4. The molecular weight excluding hydrogens is 1310 g/mol. The summed E-state index contributed by atoms with van der Waals surface area (Å²) in [6, 6.07) is 0. The van der Waals surface area contributed by atoms with Crippen molar-refractivity contribution in [3.8, 4) is 0 Å². The molecule has 0 aromatic carbocycles. The standard InChI is InChI=1S/C62H98N12O25/c1-35-31-73(67-65-35)33-44-46(87-37(3)76)48(89-39(5)78)50(91-41(7)80)53(93-44)95-54-51(92-42(8)81)49(90-40(6)79)47(88-38(4)77)45(94-54)34-74-32-43(66-68-74)52(82)64-22-24-70(56(84)97-60(12,13)14)26-28-72(58(86)99-62(18,19)20)30-29-71(57(85)98-61(15,16)17)27-25-69(23-21-63-36(2)75)55(83)96-59(9,10)11/h31-32,44-51,53-54H,21-30,33-34H2,1-20H3,(H,63,75)(H,64,82)/t44?,45?,46-,47-,48-,49?,50?,51?,53-,54-/m0/s1. The van der Waals surface area contributed by atoms with E-state index in [1.165, 1.54) is 43.6 Å². The Labute approximate surface area is 574 Å². The first-order chi connectivity index (χ1) is 45.8. The molecule has 0 bridgehead atoms. The molecule has 5 unspecified atom stereocenters. The number of ether oxygens (including phenoxy) is 13. The van der Waals surface area contributed by atoms with E-state index in [1.54, 1.807) is 90.0 Å². The van der Waals surface area contributed by atoms with Gasteiger partial charge in [-0.2, -0.15) is 0 Å². The normalized spacial score (nSPS) is 20.8. The van der Waals surface area contributed by atoms with Gasteiger partial charge in [0.15, 0.2) is 42.3 Å². The molecule has 0 radical (unpaired) electrons. The largest absolute Gasteiger partial charge is 0.456 e. The van der Waals surface area contributed by atoms with Crippen molar-refractivity contribution in [2.24, 2.45) is 0 Å². The summed E-state index contributed by atoms with van der Waals surface area (Å²) in [5.41, 5.74) is -3.70. The molecule has 6 amide bonds. The molecule has 37 heteroatoms. The van der Waals surface area contributed by atoms with Gasteiger partial charge in [-0.25, -0.2) is 28.5 Å². The fourth-order valence-corrected chi connectivity index (χ4v) is 9.67. The highest BCUT2D eigenvalue weighted by Crippen LogP contribution is 2.36. The third-order valence-corrected chi connectivity index (χ3v) is 13.4. The Morgan fingerprint density at radius 2 is 0.707 bits per heavy atom. The van der Waals surface area contributed by atoms with Gasteiger partial charge in [0.1, 0.15) is 34.6 Å². The second kappa shape index (κ2) is 36.2. The molecule has 10 atom stereocenters. The number of hydrogen-bond acceptors (Lipinski definition) is 29. The van der Waals surface area contributed by atoms with Gasteiger partial charge < -0.3 is 91.8 Å². The van der Waals surface area contributed by atoms with Crippen LogP contribution in [0.3, 0.4) is 0 Å². The lowest BCUT2D eigenvalue weighted by Gasteiger charge is -2.48. The average Bonchev–Trinajstić information content (AvgIpc) is 1.17. The Balaban J connectivity index is 1.66. The summed E-state index contributed by atoms with van der Waals surface area (Å²) in [6.07, 6.45) is -17.3.